The third-order valence-corrected chi connectivity index (χ3v) is 3.88. The first-order valence-corrected chi connectivity index (χ1v) is 7.99. The van der Waals surface area contributed by atoms with E-state index in [1.165, 1.54) is 38.9 Å². The molecular formula is C17H28N2O. The van der Waals surface area contributed by atoms with Crippen LogP contribution in [-0.4, -0.2) is 44.2 Å². The SMILES string of the molecule is CCCNCC1CCCN(CCOc2ccccc2)C1. The molecule has 1 heterocycles. The number of benzene rings is 1. The van der Waals surface area contributed by atoms with Gasteiger partial charge < -0.3 is 10.1 Å². The van der Waals surface area contributed by atoms with Gasteiger partial charge in [-0.2, -0.15) is 0 Å². The van der Waals surface area contributed by atoms with Gasteiger partial charge in [-0.3, -0.25) is 4.90 Å². The van der Waals surface area contributed by atoms with Crippen LogP contribution in [0.25, 0.3) is 0 Å². The van der Waals surface area contributed by atoms with Crippen LogP contribution in [0.3, 0.4) is 0 Å². The molecule has 1 unspecified atom stereocenters. The Morgan fingerprint density at radius 3 is 2.95 bits per heavy atom. The summed E-state index contributed by atoms with van der Waals surface area (Å²) >= 11 is 0. The molecule has 3 heteroatoms. The van der Waals surface area contributed by atoms with E-state index < -0.39 is 0 Å². The molecule has 1 atom stereocenters. The van der Waals surface area contributed by atoms with E-state index in [-0.39, 0.29) is 0 Å². The maximum absolute atomic E-state index is 5.79. The van der Waals surface area contributed by atoms with E-state index in [9.17, 15) is 0 Å². The highest BCUT2D eigenvalue weighted by molar-refractivity contribution is 5.20. The zero-order valence-corrected chi connectivity index (χ0v) is 12.7. The van der Waals surface area contributed by atoms with E-state index in [1.807, 2.05) is 30.3 Å². The number of ether oxygens (including phenoxy) is 1. The number of hydrogen-bond donors (Lipinski definition) is 1. The monoisotopic (exact) mass is 276 g/mol. The molecule has 1 aromatic carbocycles. The zero-order chi connectivity index (χ0) is 14.0. The van der Waals surface area contributed by atoms with E-state index in [0.29, 0.717) is 0 Å². The van der Waals surface area contributed by atoms with Gasteiger partial charge in [-0.15, -0.1) is 0 Å². The van der Waals surface area contributed by atoms with Crippen molar-refractivity contribution in [2.45, 2.75) is 26.2 Å². The van der Waals surface area contributed by atoms with Gasteiger partial charge in [0.25, 0.3) is 0 Å². The van der Waals surface area contributed by atoms with Gasteiger partial charge in [0.1, 0.15) is 12.4 Å². The second-order valence-electron chi connectivity index (χ2n) is 5.67. The highest BCUT2D eigenvalue weighted by Gasteiger charge is 2.19. The first kappa shape index (κ1) is 15.3. The van der Waals surface area contributed by atoms with Crippen LogP contribution >= 0.6 is 0 Å². The minimum Gasteiger partial charge on any atom is -0.492 e. The number of piperidine rings is 1. The predicted molar refractivity (Wildman–Crippen MR) is 84.3 cm³/mol. The van der Waals surface area contributed by atoms with Crippen LogP contribution in [0.15, 0.2) is 30.3 Å². The van der Waals surface area contributed by atoms with Gasteiger partial charge in [-0.05, 0) is 56.9 Å². The van der Waals surface area contributed by atoms with Crippen molar-refractivity contribution < 1.29 is 4.74 Å². The lowest BCUT2D eigenvalue weighted by atomic mass is 9.98. The summed E-state index contributed by atoms with van der Waals surface area (Å²) in [7, 11) is 0. The fourth-order valence-corrected chi connectivity index (χ4v) is 2.81. The molecule has 1 aliphatic rings. The molecular weight excluding hydrogens is 248 g/mol. The lowest BCUT2D eigenvalue weighted by molar-refractivity contribution is 0.146. The molecule has 0 saturated carbocycles. The normalized spacial score (nSPS) is 19.9. The van der Waals surface area contributed by atoms with Gasteiger partial charge in [-0.25, -0.2) is 0 Å². The number of nitrogens with one attached hydrogen (secondary N) is 1. The average Bonchev–Trinajstić information content (AvgIpc) is 2.49. The largest absolute Gasteiger partial charge is 0.492 e. The summed E-state index contributed by atoms with van der Waals surface area (Å²) in [6.07, 6.45) is 3.91. The molecule has 0 aromatic heterocycles. The minimum atomic E-state index is 0.791. The Bertz CT molecular complexity index is 355. The maximum atomic E-state index is 5.79. The second-order valence-corrected chi connectivity index (χ2v) is 5.67. The standard InChI is InChI=1S/C17H28N2O/c1-2-10-18-14-16-7-6-11-19(15-16)12-13-20-17-8-4-3-5-9-17/h3-5,8-9,16,18H,2,6-7,10-15H2,1H3. The Balaban J connectivity index is 1.63. The highest BCUT2D eigenvalue weighted by atomic mass is 16.5. The van der Waals surface area contributed by atoms with E-state index in [0.717, 1.165) is 31.4 Å². The van der Waals surface area contributed by atoms with Crippen LogP contribution in [-0.2, 0) is 0 Å². The van der Waals surface area contributed by atoms with Gasteiger partial charge in [0.2, 0.25) is 0 Å². The van der Waals surface area contributed by atoms with Crippen LogP contribution in [0, 0.1) is 5.92 Å². The summed E-state index contributed by atoms with van der Waals surface area (Å²) < 4.78 is 5.79. The molecule has 112 valence electrons. The number of likely N-dealkylation sites (tertiary alicyclic amines) is 1. The van der Waals surface area contributed by atoms with Crippen molar-refractivity contribution in [1.29, 1.82) is 0 Å². The Kier molecular flexibility index (Phi) is 6.89. The van der Waals surface area contributed by atoms with Crippen LogP contribution in [0.1, 0.15) is 26.2 Å². The third kappa shape index (κ3) is 5.51. The summed E-state index contributed by atoms with van der Waals surface area (Å²) in [6.45, 7) is 8.81. The Labute approximate surface area is 123 Å². The van der Waals surface area contributed by atoms with Crippen molar-refractivity contribution in [1.82, 2.24) is 10.2 Å². The molecule has 1 aliphatic heterocycles. The fourth-order valence-electron chi connectivity index (χ4n) is 2.81. The van der Waals surface area contributed by atoms with Gasteiger partial charge in [0.05, 0.1) is 0 Å². The first-order valence-electron chi connectivity index (χ1n) is 7.99. The third-order valence-electron chi connectivity index (χ3n) is 3.88. The lowest BCUT2D eigenvalue weighted by Crippen LogP contribution is -2.41. The minimum absolute atomic E-state index is 0.791. The number of para-hydroxylation sites is 1. The molecule has 2 rings (SSSR count). The molecule has 1 fully saturated rings. The van der Waals surface area contributed by atoms with Crippen molar-refractivity contribution in [2.75, 3.05) is 39.3 Å². The van der Waals surface area contributed by atoms with Crippen molar-refractivity contribution in [3.63, 3.8) is 0 Å². The van der Waals surface area contributed by atoms with Gasteiger partial charge in [0, 0.05) is 13.1 Å². The summed E-state index contributed by atoms with van der Waals surface area (Å²) in [5.74, 6) is 1.79. The van der Waals surface area contributed by atoms with E-state index >= 15 is 0 Å². The zero-order valence-electron chi connectivity index (χ0n) is 12.7. The van der Waals surface area contributed by atoms with Crippen LogP contribution in [0.4, 0.5) is 0 Å². The summed E-state index contributed by atoms with van der Waals surface area (Å²) in [6, 6.07) is 10.1. The van der Waals surface area contributed by atoms with Crippen molar-refractivity contribution >= 4 is 0 Å². The Morgan fingerprint density at radius 1 is 1.30 bits per heavy atom. The number of nitrogens with zero attached hydrogens (tertiary/aromatic N) is 1. The summed E-state index contributed by atoms with van der Waals surface area (Å²) in [4.78, 5) is 2.55. The molecule has 0 radical (unpaired) electrons. The summed E-state index contributed by atoms with van der Waals surface area (Å²) in [5.41, 5.74) is 0. The molecule has 3 nitrogen and oxygen atoms in total. The molecule has 1 N–H and O–H groups in total. The topological polar surface area (TPSA) is 24.5 Å². The molecule has 1 aromatic rings. The van der Waals surface area contributed by atoms with Crippen molar-refractivity contribution in [3.8, 4) is 5.75 Å². The van der Waals surface area contributed by atoms with E-state index in [1.54, 1.807) is 0 Å². The molecule has 1 saturated heterocycles. The molecule has 20 heavy (non-hydrogen) atoms. The Hall–Kier alpha value is -1.06. The smallest absolute Gasteiger partial charge is 0.119 e. The second kappa shape index (κ2) is 8.98. The van der Waals surface area contributed by atoms with Gasteiger partial charge >= 0.3 is 0 Å². The van der Waals surface area contributed by atoms with Crippen molar-refractivity contribution in [3.05, 3.63) is 30.3 Å². The molecule has 0 aliphatic carbocycles. The van der Waals surface area contributed by atoms with Gasteiger partial charge in [-0.1, -0.05) is 25.1 Å². The van der Waals surface area contributed by atoms with Crippen LogP contribution < -0.4 is 10.1 Å². The maximum Gasteiger partial charge on any atom is 0.119 e. The lowest BCUT2D eigenvalue weighted by Gasteiger charge is -2.32. The predicted octanol–water partition coefficient (Wildman–Crippen LogP) is 2.78. The van der Waals surface area contributed by atoms with E-state index in [2.05, 4.69) is 17.1 Å². The Morgan fingerprint density at radius 2 is 2.15 bits per heavy atom. The van der Waals surface area contributed by atoms with E-state index in [4.69, 9.17) is 4.74 Å². The molecule has 0 bridgehead atoms. The van der Waals surface area contributed by atoms with Crippen LogP contribution in [0.5, 0.6) is 5.75 Å². The fraction of sp³-hybridized carbons (Fsp3) is 0.647. The molecule has 0 spiro atoms. The quantitative estimate of drug-likeness (QED) is 0.739. The first-order chi connectivity index (χ1) is 9.88. The highest BCUT2D eigenvalue weighted by Crippen LogP contribution is 2.16. The van der Waals surface area contributed by atoms with Gasteiger partial charge in [0.15, 0.2) is 0 Å². The molecule has 0 amide bonds. The van der Waals surface area contributed by atoms with Crippen molar-refractivity contribution in [2.24, 2.45) is 5.92 Å². The number of rotatable bonds is 8. The van der Waals surface area contributed by atoms with Crippen LogP contribution in [0.2, 0.25) is 0 Å². The number of hydrogen-bond acceptors (Lipinski definition) is 3. The summed E-state index contributed by atoms with van der Waals surface area (Å²) in [5, 5.41) is 3.55. The average molecular weight is 276 g/mol.